The molecule has 20 heavy (non-hydrogen) atoms. The largest absolute Gasteiger partial charge is 0.383 e. The Labute approximate surface area is 113 Å². The first kappa shape index (κ1) is 10.8. The number of fused-ring (bicyclic) bond motifs is 2. The van der Waals surface area contributed by atoms with E-state index in [1.807, 2.05) is 24.4 Å². The van der Waals surface area contributed by atoms with Crippen molar-refractivity contribution in [3.05, 3.63) is 30.6 Å². The van der Waals surface area contributed by atoms with Gasteiger partial charge in [-0.3, -0.25) is 5.10 Å². The van der Waals surface area contributed by atoms with Crippen molar-refractivity contribution in [3.8, 4) is 11.1 Å². The van der Waals surface area contributed by atoms with E-state index in [4.69, 9.17) is 11.5 Å². The minimum absolute atomic E-state index is 0.160. The van der Waals surface area contributed by atoms with Crippen molar-refractivity contribution in [3.63, 3.8) is 0 Å². The summed E-state index contributed by atoms with van der Waals surface area (Å²) in [5.41, 5.74) is 15.1. The highest BCUT2D eigenvalue weighted by Crippen LogP contribution is 2.32. The zero-order valence-electron chi connectivity index (χ0n) is 10.4. The molecule has 0 bridgehead atoms. The van der Waals surface area contributed by atoms with Gasteiger partial charge in [-0.1, -0.05) is 12.1 Å². The fraction of sp³-hybridized carbons (Fsp3) is 0. The maximum Gasteiger partial charge on any atom is 0.223 e. The van der Waals surface area contributed by atoms with Crippen LogP contribution in [0.4, 0.5) is 11.8 Å². The summed E-state index contributed by atoms with van der Waals surface area (Å²) < 4.78 is 0. The van der Waals surface area contributed by atoms with E-state index in [1.165, 1.54) is 0 Å². The second-order valence-corrected chi connectivity index (χ2v) is 4.57. The monoisotopic (exact) mass is 265 g/mol. The van der Waals surface area contributed by atoms with E-state index in [1.54, 1.807) is 6.20 Å². The minimum atomic E-state index is 0.160. The van der Waals surface area contributed by atoms with Gasteiger partial charge in [-0.15, -0.1) is 0 Å². The maximum atomic E-state index is 5.96. The number of H-pyrrole nitrogens is 2. The van der Waals surface area contributed by atoms with Crippen LogP contribution in [0, 0.1) is 0 Å². The second-order valence-electron chi connectivity index (χ2n) is 4.57. The van der Waals surface area contributed by atoms with Gasteiger partial charge in [-0.25, -0.2) is 0 Å². The molecule has 7 nitrogen and oxygen atoms in total. The third kappa shape index (κ3) is 1.43. The Kier molecular flexibility index (Phi) is 2.00. The topological polar surface area (TPSA) is 122 Å². The van der Waals surface area contributed by atoms with Crippen LogP contribution in [0.1, 0.15) is 0 Å². The van der Waals surface area contributed by atoms with E-state index in [0.29, 0.717) is 11.5 Å². The van der Waals surface area contributed by atoms with Gasteiger partial charge in [0.2, 0.25) is 5.95 Å². The number of aromatic nitrogens is 5. The van der Waals surface area contributed by atoms with Crippen molar-refractivity contribution >= 4 is 33.7 Å². The number of hydrogen-bond donors (Lipinski definition) is 4. The molecule has 0 amide bonds. The van der Waals surface area contributed by atoms with E-state index in [9.17, 15) is 0 Å². The average Bonchev–Trinajstić information content (AvgIpc) is 3.03. The number of benzene rings is 1. The van der Waals surface area contributed by atoms with Gasteiger partial charge in [0.05, 0.1) is 17.1 Å². The summed E-state index contributed by atoms with van der Waals surface area (Å²) in [5.74, 6) is 0.529. The maximum absolute atomic E-state index is 5.96. The first-order chi connectivity index (χ1) is 9.72. The molecule has 0 unspecified atom stereocenters. The van der Waals surface area contributed by atoms with Gasteiger partial charge in [0, 0.05) is 17.1 Å². The molecule has 98 valence electrons. The average molecular weight is 265 g/mol. The number of hydrogen-bond acceptors (Lipinski definition) is 5. The number of rotatable bonds is 1. The molecule has 0 fully saturated rings. The Hall–Kier alpha value is -3.09. The Morgan fingerprint density at radius 3 is 2.90 bits per heavy atom. The van der Waals surface area contributed by atoms with Gasteiger partial charge in [-0.05, 0) is 11.6 Å². The minimum Gasteiger partial charge on any atom is -0.383 e. The molecule has 0 saturated heterocycles. The molecule has 0 radical (unpaired) electrons. The van der Waals surface area contributed by atoms with Crippen LogP contribution >= 0.6 is 0 Å². The summed E-state index contributed by atoms with van der Waals surface area (Å²) in [6, 6.07) is 6.03. The Balaban J connectivity index is 2.01. The Morgan fingerprint density at radius 2 is 2.00 bits per heavy atom. The summed E-state index contributed by atoms with van der Waals surface area (Å²) >= 11 is 0. The van der Waals surface area contributed by atoms with E-state index >= 15 is 0 Å². The van der Waals surface area contributed by atoms with Crippen LogP contribution < -0.4 is 11.5 Å². The molecule has 3 aromatic heterocycles. The van der Waals surface area contributed by atoms with Crippen molar-refractivity contribution in [2.45, 2.75) is 0 Å². The second kappa shape index (κ2) is 3.70. The number of nitrogens with two attached hydrogens (primary N) is 2. The lowest BCUT2D eigenvalue weighted by Crippen LogP contribution is -1.99. The molecular formula is C13H11N7. The van der Waals surface area contributed by atoms with E-state index in [2.05, 4.69) is 25.1 Å². The fourth-order valence-corrected chi connectivity index (χ4v) is 2.41. The van der Waals surface area contributed by atoms with Crippen LogP contribution in [0.3, 0.4) is 0 Å². The number of nitrogens with one attached hydrogen (secondary N) is 2. The molecule has 1 aromatic carbocycles. The normalized spacial score (nSPS) is 11.4. The van der Waals surface area contributed by atoms with E-state index in [0.717, 1.165) is 27.4 Å². The predicted molar refractivity (Wildman–Crippen MR) is 77.8 cm³/mol. The smallest absolute Gasteiger partial charge is 0.223 e. The summed E-state index contributed by atoms with van der Waals surface area (Å²) in [5, 5.41) is 8.80. The van der Waals surface area contributed by atoms with Gasteiger partial charge in [-0.2, -0.15) is 15.1 Å². The van der Waals surface area contributed by atoms with Crippen LogP contribution in [0.15, 0.2) is 30.6 Å². The molecule has 4 aromatic rings. The van der Waals surface area contributed by atoms with Crippen molar-refractivity contribution < 1.29 is 0 Å². The lowest BCUT2D eigenvalue weighted by molar-refractivity contribution is 1.12. The summed E-state index contributed by atoms with van der Waals surface area (Å²) in [6.45, 7) is 0. The Morgan fingerprint density at radius 1 is 1.10 bits per heavy atom. The van der Waals surface area contributed by atoms with Gasteiger partial charge in [0.15, 0.2) is 0 Å². The van der Waals surface area contributed by atoms with Crippen molar-refractivity contribution in [2.75, 3.05) is 11.5 Å². The van der Waals surface area contributed by atoms with Crippen LogP contribution in [-0.4, -0.2) is 25.1 Å². The molecular weight excluding hydrogens is 254 g/mol. The van der Waals surface area contributed by atoms with Crippen LogP contribution in [0.2, 0.25) is 0 Å². The predicted octanol–water partition coefficient (Wildman–Crippen LogP) is 1.67. The van der Waals surface area contributed by atoms with Crippen molar-refractivity contribution in [2.24, 2.45) is 0 Å². The highest BCUT2D eigenvalue weighted by molar-refractivity contribution is 6.02. The number of nitrogen functional groups attached to an aromatic ring is 2. The molecule has 0 aliphatic carbocycles. The quantitative estimate of drug-likeness (QED) is 0.417. The summed E-state index contributed by atoms with van der Waals surface area (Å²) in [7, 11) is 0. The van der Waals surface area contributed by atoms with E-state index in [-0.39, 0.29) is 5.95 Å². The summed E-state index contributed by atoms with van der Waals surface area (Å²) in [4.78, 5) is 11.2. The zero-order valence-corrected chi connectivity index (χ0v) is 10.4. The standard InChI is InChI=1S/C13H11N7/c14-11-10-8(5-16-12(10)19-13(15)18-11)6-1-2-7-4-17-20-9(7)3-6/h1-5H,(H,17,20)(H5,14,15,16,18,19). The Bertz CT molecular complexity index is 934. The highest BCUT2D eigenvalue weighted by atomic mass is 15.1. The third-order valence-electron chi connectivity index (χ3n) is 3.33. The van der Waals surface area contributed by atoms with Gasteiger partial charge in [0.1, 0.15) is 11.5 Å². The zero-order chi connectivity index (χ0) is 13.7. The molecule has 7 heteroatoms. The molecule has 4 rings (SSSR count). The van der Waals surface area contributed by atoms with E-state index < -0.39 is 0 Å². The molecule has 0 aliphatic heterocycles. The molecule has 3 heterocycles. The molecule has 0 saturated carbocycles. The molecule has 0 aliphatic rings. The van der Waals surface area contributed by atoms with Crippen molar-refractivity contribution in [1.82, 2.24) is 25.1 Å². The van der Waals surface area contributed by atoms with Crippen LogP contribution in [-0.2, 0) is 0 Å². The first-order valence-corrected chi connectivity index (χ1v) is 6.06. The summed E-state index contributed by atoms with van der Waals surface area (Å²) in [6.07, 6.45) is 3.64. The lowest BCUT2D eigenvalue weighted by atomic mass is 10.0. The molecule has 6 N–H and O–H groups in total. The third-order valence-corrected chi connectivity index (χ3v) is 3.33. The van der Waals surface area contributed by atoms with Crippen molar-refractivity contribution in [1.29, 1.82) is 0 Å². The highest BCUT2D eigenvalue weighted by Gasteiger charge is 2.12. The lowest BCUT2D eigenvalue weighted by Gasteiger charge is -2.02. The molecule has 0 atom stereocenters. The van der Waals surface area contributed by atoms with Crippen LogP contribution in [0.25, 0.3) is 33.1 Å². The fourth-order valence-electron chi connectivity index (χ4n) is 2.41. The molecule has 0 spiro atoms. The number of nitrogens with zero attached hydrogens (tertiary/aromatic N) is 3. The van der Waals surface area contributed by atoms with Gasteiger partial charge in [0.25, 0.3) is 0 Å². The first-order valence-electron chi connectivity index (χ1n) is 6.06. The van der Waals surface area contributed by atoms with Gasteiger partial charge >= 0.3 is 0 Å². The number of aromatic amines is 2. The van der Waals surface area contributed by atoms with Gasteiger partial charge < -0.3 is 16.5 Å². The van der Waals surface area contributed by atoms with Crippen LogP contribution in [0.5, 0.6) is 0 Å². The number of anilines is 2. The SMILES string of the molecule is Nc1nc(N)c2c(-c3ccc4cn[nH]c4c3)c[nH]c2n1.